The molecule has 0 bridgehead atoms. The summed E-state index contributed by atoms with van der Waals surface area (Å²) in [6.07, 6.45) is 6.09. The van der Waals surface area contributed by atoms with Crippen LogP contribution in [0.4, 0.5) is 0 Å². The van der Waals surface area contributed by atoms with Crippen molar-refractivity contribution in [2.75, 3.05) is 13.3 Å². The van der Waals surface area contributed by atoms with Gasteiger partial charge in [-0.05, 0) is 36.8 Å². The van der Waals surface area contributed by atoms with Crippen molar-refractivity contribution in [1.82, 2.24) is 5.32 Å². The van der Waals surface area contributed by atoms with E-state index in [0.29, 0.717) is 17.1 Å². The van der Waals surface area contributed by atoms with E-state index in [1.54, 1.807) is 37.3 Å². The highest BCUT2D eigenvalue weighted by atomic mass is 16.7. The highest BCUT2D eigenvalue weighted by molar-refractivity contribution is 5.91. The van der Waals surface area contributed by atoms with E-state index in [1.807, 2.05) is 0 Å². The second kappa shape index (κ2) is 6.18. The average molecular weight is 315 g/mol. The van der Waals surface area contributed by atoms with Gasteiger partial charge in [0.1, 0.15) is 5.60 Å². The van der Waals surface area contributed by atoms with Crippen molar-refractivity contribution in [3.8, 4) is 11.5 Å². The summed E-state index contributed by atoms with van der Waals surface area (Å²) < 4.78 is 15.5. The van der Waals surface area contributed by atoms with Gasteiger partial charge in [-0.3, -0.25) is 4.79 Å². The van der Waals surface area contributed by atoms with E-state index in [4.69, 9.17) is 13.9 Å². The maximum Gasteiger partial charge on any atom is 0.244 e. The van der Waals surface area contributed by atoms with Crippen molar-refractivity contribution in [2.24, 2.45) is 0 Å². The number of benzene rings is 1. The first-order valence-corrected chi connectivity index (χ1v) is 7.15. The third-order valence-electron chi connectivity index (χ3n) is 3.57. The van der Waals surface area contributed by atoms with Gasteiger partial charge in [-0.15, -0.1) is 0 Å². The minimum absolute atomic E-state index is 0.0706. The van der Waals surface area contributed by atoms with Crippen molar-refractivity contribution < 1.29 is 23.8 Å². The standard InChI is InChI=1S/C17H17NO5/c1-17(20,13-3-4-14-15(8-13)23-11-22-14)10-18-16(19)5-2-12-6-7-21-9-12/h2-9,20H,10-11H2,1H3,(H,18,19)/b5-2+. The lowest BCUT2D eigenvalue weighted by Crippen LogP contribution is -2.37. The Bertz CT molecular complexity index is 719. The normalized spacial score (nSPS) is 15.6. The van der Waals surface area contributed by atoms with Crippen molar-refractivity contribution in [3.63, 3.8) is 0 Å². The Hall–Kier alpha value is -2.73. The Morgan fingerprint density at radius 1 is 1.35 bits per heavy atom. The Labute approximate surface area is 133 Å². The number of aliphatic hydroxyl groups is 1. The van der Waals surface area contributed by atoms with Crippen LogP contribution in [0.25, 0.3) is 6.08 Å². The van der Waals surface area contributed by atoms with Crippen LogP contribution in [0.1, 0.15) is 18.1 Å². The number of rotatable bonds is 5. The highest BCUT2D eigenvalue weighted by Gasteiger charge is 2.26. The van der Waals surface area contributed by atoms with Crippen LogP contribution in [0.5, 0.6) is 11.5 Å². The molecule has 0 fully saturated rings. The third kappa shape index (κ3) is 3.54. The molecule has 6 heteroatoms. The highest BCUT2D eigenvalue weighted by Crippen LogP contribution is 2.35. The average Bonchev–Trinajstić information content (AvgIpc) is 3.21. The first-order valence-electron chi connectivity index (χ1n) is 7.15. The fourth-order valence-corrected chi connectivity index (χ4v) is 2.19. The van der Waals surface area contributed by atoms with Gasteiger partial charge in [-0.1, -0.05) is 6.07 Å². The summed E-state index contributed by atoms with van der Waals surface area (Å²) in [4.78, 5) is 11.8. The third-order valence-corrected chi connectivity index (χ3v) is 3.57. The van der Waals surface area contributed by atoms with Crippen LogP contribution in [-0.4, -0.2) is 24.4 Å². The van der Waals surface area contributed by atoms with Crippen LogP contribution < -0.4 is 14.8 Å². The molecule has 23 heavy (non-hydrogen) atoms. The van der Waals surface area contributed by atoms with E-state index in [0.717, 1.165) is 5.56 Å². The van der Waals surface area contributed by atoms with Gasteiger partial charge in [0, 0.05) is 11.6 Å². The predicted octanol–water partition coefficient (Wildman–Crippen LogP) is 2.05. The van der Waals surface area contributed by atoms with Crippen molar-refractivity contribution in [1.29, 1.82) is 0 Å². The first-order chi connectivity index (χ1) is 11.0. The summed E-state index contributed by atoms with van der Waals surface area (Å²) in [5.74, 6) is 0.942. The van der Waals surface area contributed by atoms with Gasteiger partial charge >= 0.3 is 0 Å². The molecule has 0 aliphatic carbocycles. The molecule has 120 valence electrons. The lowest BCUT2D eigenvalue weighted by Gasteiger charge is -2.24. The largest absolute Gasteiger partial charge is 0.472 e. The van der Waals surface area contributed by atoms with Crippen LogP contribution in [-0.2, 0) is 10.4 Å². The molecule has 1 unspecified atom stereocenters. The van der Waals surface area contributed by atoms with E-state index >= 15 is 0 Å². The zero-order chi connectivity index (χ0) is 16.3. The molecule has 0 radical (unpaired) electrons. The van der Waals surface area contributed by atoms with Crippen molar-refractivity contribution >= 4 is 12.0 Å². The number of fused-ring (bicyclic) bond motifs is 1. The second-order valence-electron chi connectivity index (χ2n) is 5.45. The van der Waals surface area contributed by atoms with Gasteiger partial charge in [0.15, 0.2) is 11.5 Å². The molecule has 1 atom stereocenters. The summed E-state index contributed by atoms with van der Waals surface area (Å²) in [7, 11) is 0. The molecule has 0 saturated carbocycles. The molecule has 0 saturated heterocycles. The maximum atomic E-state index is 11.8. The lowest BCUT2D eigenvalue weighted by molar-refractivity contribution is -0.117. The molecule has 3 rings (SSSR count). The van der Waals surface area contributed by atoms with Crippen molar-refractivity contribution in [2.45, 2.75) is 12.5 Å². The minimum atomic E-state index is -1.22. The fourth-order valence-electron chi connectivity index (χ4n) is 2.19. The molecule has 2 heterocycles. The second-order valence-corrected chi connectivity index (χ2v) is 5.45. The molecule has 0 spiro atoms. The van der Waals surface area contributed by atoms with Gasteiger partial charge in [-0.2, -0.15) is 0 Å². The molecule has 1 aliphatic heterocycles. The molecular formula is C17H17NO5. The van der Waals surface area contributed by atoms with E-state index in [9.17, 15) is 9.90 Å². The number of hydrogen-bond donors (Lipinski definition) is 2. The zero-order valence-corrected chi connectivity index (χ0v) is 12.6. The van der Waals surface area contributed by atoms with Gasteiger partial charge < -0.3 is 24.3 Å². The molecule has 2 aromatic rings. The fraction of sp³-hybridized carbons (Fsp3) is 0.235. The van der Waals surface area contributed by atoms with Crippen LogP contribution in [0.15, 0.2) is 47.3 Å². The Morgan fingerprint density at radius 3 is 2.96 bits per heavy atom. The van der Waals surface area contributed by atoms with Crippen molar-refractivity contribution in [3.05, 3.63) is 54.0 Å². The number of nitrogens with one attached hydrogen (secondary N) is 1. The molecule has 1 amide bonds. The SMILES string of the molecule is CC(O)(CNC(=O)/C=C/c1ccoc1)c1ccc2c(c1)OCO2. The maximum absolute atomic E-state index is 11.8. The molecule has 1 aromatic carbocycles. The van der Waals surface area contributed by atoms with Crippen LogP contribution in [0.3, 0.4) is 0 Å². The number of furan rings is 1. The summed E-state index contributed by atoms with van der Waals surface area (Å²) in [6.45, 7) is 1.88. The molecule has 1 aromatic heterocycles. The summed E-state index contributed by atoms with van der Waals surface area (Å²) in [5.41, 5.74) is 0.212. The monoisotopic (exact) mass is 315 g/mol. The van der Waals surface area contributed by atoms with Gasteiger partial charge in [0.25, 0.3) is 0 Å². The Balaban J connectivity index is 1.61. The van der Waals surface area contributed by atoms with Crippen LogP contribution >= 0.6 is 0 Å². The molecule has 1 aliphatic rings. The van der Waals surface area contributed by atoms with Crippen LogP contribution in [0.2, 0.25) is 0 Å². The number of carbonyl (C=O) groups is 1. The smallest absolute Gasteiger partial charge is 0.244 e. The van der Waals surface area contributed by atoms with Crippen LogP contribution in [0, 0.1) is 0 Å². The molecule has 6 nitrogen and oxygen atoms in total. The zero-order valence-electron chi connectivity index (χ0n) is 12.6. The predicted molar refractivity (Wildman–Crippen MR) is 82.9 cm³/mol. The quantitative estimate of drug-likeness (QED) is 0.825. The van der Waals surface area contributed by atoms with Gasteiger partial charge in [0.05, 0.1) is 19.1 Å². The number of hydrogen-bond acceptors (Lipinski definition) is 5. The molecule has 2 N–H and O–H groups in total. The van der Waals surface area contributed by atoms with E-state index in [-0.39, 0.29) is 19.2 Å². The van der Waals surface area contributed by atoms with Gasteiger partial charge in [0.2, 0.25) is 12.7 Å². The summed E-state index contributed by atoms with van der Waals surface area (Å²) in [5, 5.41) is 13.2. The Kier molecular flexibility index (Phi) is 4.08. The number of amides is 1. The molecular weight excluding hydrogens is 298 g/mol. The number of ether oxygens (including phenoxy) is 2. The first kappa shape index (κ1) is 15.2. The Morgan fingerprint density at radius 2 is 2.17 bits per heavy atom. The van der Waals surface area contributed by atoms with E-state index in [2.05, 4.69) is 5.32 Å². The summed E-state index contributed by atoms with van der Waals surface area (Å²) in [6, 6.07) is 6.95. The topological polar surface area (TPSA) is 80.9 Å². The van der Waals surface area contributed by atoms with Gasteiger partial charge in [-0.25, -0.2) is 0 Å². The lowest BCUT2D eigenvalue weighted by atomic mass is 9.95. The minimum Gasteiger partial charge on any atom is -0.472 e. The van der Waals surface area contributed by atoms with E-state index < -0.39 is 5.60 Å². The summed E-state index contributed by atoms with van der Waals surface area (Å²) >= 11 is 0. The number of carbonyl (C=O) groups excluding carboxylic acids is 1. The van der Waals surface area contributed by atoms with E-state index in [1.165, 1.54) is 18.6 Å².